The van der Waals surface area contributed by atoms with Crippen molar-refractivity contribution in [2.24, 2.45) is 0 Å². The van der Waals surface area contributed by atoms with E-state index in [0.29, 0.717) is 12.1 Å². The standard InChI is InChI=1S/C20H23N3O3/c24-20(17-9-6-12-19(15-17)23(25)26)22(21-18-10-4-5-11-18)14-13-16-7-2-1-3-8-16/h1-3,6-9,12,15,18,21H,4-5,10-11,13-14H2. The number of amides is 1. The van der Waals surface area contributed by atoms with Crippen LogP contribution in [0.1, 0.15) is 41.6 Å². The number of carbonyl (C=O) groups is 1. The Morgan fingerprint density at radius 3 is 2.54 bits per heavy atom. The molecule has 1 fully saturated rings. The van der Waals surface area contributed by atoms with Crippen LogP contribution in [-0.4, -0.2) is 28.4 Å². The highest BCUT2D eigenvalue weighted by Gasteiger charge is 2.23. The number of hydrazine groups is 1. The number of hydrogen-bond acceptors (Lipinski definition) is 4. The lowest BCUT2D eigenvalue weighted by Gasteiger charge is -2.27. The maximum absolute atomic E-state index is 13.0. The Bertz CT molecular complexity index is 758. The molecule has 0 unspecified atom stereocenters. The van der Waals surface area contributed by atoms with Gasteiger partial charge in [0.15, 0.2) is 0 Å². The molecule has 1 N–H and O–H groups in total. The summed E-state index contributed by atoms with van der Waals surface area (Å²) in [6, 6.07) is 16.2. The minimum atomic E-state index is -0.477. The SMILES string of the molecule is O=C(c1cccc([N+](=O)[O-])c1)N(CCc1ccccc1)NC1CCCC1. The van der Waals surface area contributed by atoms with E-state index in [-0.39, 0.29) is 17.6 Å². The van der Waals surface area contributed by atoms with Gasteiger partial charge in [-0.3, -0.25) is 19.9 Å². The quantitative estimate of drug-likeness (QED) is 0.608. The number of benzene rings is 2. The van der Waals surface area contributed by atoms with Crippen molar-refractivity contribution < 1.29 is 9.72 Å². The van der Waals surface area contributed by atoms with Crippen molar-refractivity contribution in [2.75, 3.05) is 6.54 Å². The number of nitrogens with one attached hydrogen (secondary N) is 1. The van der Waals surface area contributed by atoms with Crippen molar-refractivity contribution >= 4 is 11.6 Å². The zero-order valence-electron chi connectivity index (χ0n) is 14.6. The van der Waals surface area contributed by atoms with E-state index in [0.717, 1.165) is 37.7 Å². The molecule has 0 bridgehead atoms. The molecular formula is C20H23N3O3. The maximum Gasteiger partial charge on any atom is 0.270 e. The number of non-ortho nitro benzene ring substituents is 1. The van der Waals surface area contributed by atoms with E-state index in [4.69, 9.17) is 0 Å². The molecule has 0 aromatic heterocycles. The molecule has 0 aliphatic heterocycles. The molecule has 26 heavy (non-hydrogen) atoms. The van der Waals surface area contributed by atoms with Crippen LogP contribution in [0.4, 0.5) is 5.69 Å². The third kappa shape index (κ3) is 4.67. The topological polar surface area (TPSA) is 75.5 Å². The van der Waals surface area contributed by atoms with Crippen LogP contribution < -0.4 is 5.43 Å². The number of carbonyl (C=O) groups excluding carboxylic acids is 1. The van der Waals surface area contributed by atoms with Gasteiger partial charge in [0.25, 0.3) is 11.6 Å². The van der Waals surface area contributed by atoms with Crippen LogP contribution in [0.2, 0.25) is 0 Å². The Morgan fingerprint density at radius 1 is 1.12 bits per heavy atom. The molecule has 1 aliphatic rings. The van der Waals surface area contributed by atoms with Crippen LogP contribution in [0.5, 0.6) is 0 Å². The molecule has 3 rings (SSSR count). The van der Waals surface area contributed by atoms with E-state index in [1.165, 1.54) is 12.1 Å². The first-order valence-electron chi connectivity index (χ1n) is 9.00. The summed E-state index contributed by atoms with van der Waals surface area (Å²) in [5.74, 6) is -0.225. The molecule has 1 aliphatic carbocycles. The van der Waals surface area contributed by atoms with Crippen molar-refractivity contribution in [3.63, 3.8) is 0 Å². The van der Waals surface area contributed by atoms with Crippen molar-refractivity contribution in [3.8, 4) is 0 Å². The third-order valence-electron chi connectivity index (χ3n) is 4.71. The first-order chi connectivity index (χ1) is 12.6. The van der Waals surface area contributed by atoms with Crippen LogP contribution in [-0.2, 0) is 6.42 Å². The summed E-state index contributed by atoms with van der Waals surface area (Å²) in [6.45, 7) is 0.516. The van der Waals surface area contributed by atoms with E-state index in [1.807, 2.05) is 30.3 Å². The summed E-state index contributed by atoms with van der Waals surface area (Å²) >= 11 is 0. The second kappa shape index (κ2) is 8.58. The summed E-state index contributed by atoms with van der Waals surface area (Å²) < 4.78 is 0. The van der Waals surface area contributed by atoms with Gasteiger partial charge < -0.3 is 0 Å². The zero-order valence-corrected chi connectivity index (χ0v) is 14.6. The van der Waals surface area contributed by atoms with Gasteiger partial charge >= 0.3 is 0 Å². The van der Waals surface area contributed by atoms with Gasteiger partial charge in [0.1, 0.15) is 0 Å². The molecule has 1 amide bonds. The molecule has 0 atom stereocenters. The number of hydrogen-bond donors (Lipinski definition) is 1. The van der Waals surface area contributed by atoms with Gasteiger partial charge in [-0.15, -0.1) is 0 Å². The highest BCUT2D eigenvalue weighted by Crippen LogP contribution is 2.20. The lowest BCUT2D eigenvalue weighted by Crippen LogP contribution is -2.48. The molecule has 6 heteroatoms. The lowest BCUT2D eigenvalue weighted by atomic mass is 10.1. The highest BCUT2D eigenvalue weighted by molar-refractivity contribution is 5.94. The Hall–Kier alpha value is -2.73. The lowest BCUT2D eigenvalue weighted by molar-refractivity contribution is -0.384. The van der Waals surface area contributed by atoms with E-state index < -0.39 is 4.92 Å². The van der Waals surface area contributed by atoms with Gasteiger partial charge in [0, 0.05) is 30.3 Å². The average molecular weight is 353 g/mol. The molecule has 0 radical (unpaired) electrons. The molecule has 6 nitrogen and oxygen atoms in total. The Balaban J connectivity index is 1.75. The van der Waals surface area contributed by atoms with Crippen molar-refractivity contribution in [1.82, 2.24) is 10.4 Å². The first-order valence-corrected chi connectivity index (χ1v) is 9.00. The molecule has 2 aromatic rings. The minimum absolute atomic E-state index is 0.0697. The number of nitro groups is 1. The van der Waals surface area contributed by atoms with Crippen LogP contribution in [0.15, 0.2) is 54.6 Å². The second-order valence-electron chi connectivity index (χ2n) is 6.61. The molecule has 0 saturated heterocycles. The fourth-order valence-corrected chi connectivity index (χ4v) is 3.29. The normalized spacial score (nSPS) is 14.3. The van der Waals surface area contributed by atoms with E-state index in [2.05, 4.69) is 5.43 Å². The fourth-order valence-electron chi connectivity index (χ4n) is 3.29. The molecule has 136 valence electrons. The number of nitrogens with zero attached hydrogens (tertiary/aromatic N) is 2. The highest BCUT2D eigenvalue weighted by atomic mass is 16.6. The Morgan fingerprint density at radius 2 is 1.85 bits per heavy atom. The molecular weight excluding hydrogens is 330 g/mol. The van der Waals surface area contributed by atoms with Crippen molar-refractivity contribution in [2.45, 2.75) is 38.1 Å². The fraction of sp³-hybridized carbons (Fsp3) is 0.350. The summed E-state index contributed by atoms with van der Waals surface area (Å²) in [5.41, 5.74) is 4.76. The first kappa shape index (κ1) is 18.1. The van der Waals surface area contributed by atoms with Crippen molar-refractivity contribution in [1.29, 1.82) is 0 Å². The van der Waals surface area contributed by atoms with Crippen molar-refractivity contribution in [3.05, 3.63) is 75.8 Å². The van der Waals surface area contributed by atoms with Gasteiger partial charge in [0.05, 0.1) is 4.92 Å². The Labute approximate surface area is 152 Å². The predicted molar refractivity (Wildman–Crippen MR) is 99.7 cm³/mol. The van der Waals surface area contributed by atoms with Crippen LogP contribution >= 0.6 is 0 Å². The van der Waals surface area contributed by atoms with Gasteiger partial charge in [-0.05, 0) is 30.9 Å². The average Bonchev–Trinajstić information content (AvgIpc) is 3.18. The second-order valence-corrected chi connectivity index (χ2v) is 6.61. The maximum atomic E-state index is 13.0. The van der Waals surface area contributed by atoms with Gasteiger partial charge in [-0.1, -0.05) is 49.2 Å². The van der Waals surface area contributed by atoms with Gasteiger partial charge in [-0.25, -0.2) is 5.43 Å². The Kier molecular flexibility index (Phi) is 5.96. The predicted octanol–water partition coefficient (Wildman–Crippen LogP) is 3.73. The van der Waals surface area contributed by atoms with Crippen LogP contribution in [0, 0.1) is 10.1 Å². The summed E-state index contributed by atoms with van der Waals surface area (Å²) in [5, 5.41) is 12.6. The largest absolute Gasteiger partial charge is 0.273 e. The summed E-state index contributed by atoms with van der Waals surface area (Å²) in [7, 11) is 0. The van der Waals surface area contributed by atoms with E-state index >= 15 is 0 Å². The van der Waals surface area contributed by atoms with E-state index in [1.54, 1.807) is 17.1 Å². The van der Waals surface area contributed by atoms with Crippen LogP contribution in [0.25, 0.3) is 0 Å². The third-order valence-corrected chi connectivity index (χ3v) is 4.71. The smallest absolute Gasteiger partial charge is 0.270 e. The summed E-state index contributed by atoms with van der Waals surface area (Å²) in [4.78, 5) is 23.5. The zero-order chi connectivity index (χ0) is 18.4. The van der Waals surface area contributed by atoms with Crippen LogP contribution in [0.3, 0.4) is 0 Å². The number of nitro benzene ring substituents is 1. The summed E-state index contributed by atoms with van der Waals surface area (Å²) in [6.07, 6.45) is 5.14. The van der Waals surface area contributed by atoms with E-state index in [9.17, 15) is 14.9 Å². The molecule has 1 saturated carbocycles. The molecule has 0 heterocycles. The monoisotopic (exact) mass is 353 g/mol. The number of rotatable bonds is 7. The molecule has 2 aromatic carbocycles. The van der Waals surface area contributed by atoms with Gasteiger partial charge in [-0.2, -0.15) is 0 Å². The van der Waals surface area contributed by atoms with Gasteiger partial charge in [0.2, 0.25) is 0 Å². The molecule has 0 spiro atoms. The minimum Gasteiger partial charge on any atom is -0.273 e.